The van der Waals surface area contributed by atoms with E-state index in [1.165, 1.54) is 5.56 Å². The molecule has 2 aromatic heterocycles. The third-order valence-corrected chi connectivity index (χ3v) is 6.07. The summed E-state index contributed by atoms with van der Waals surface area (Å²) < 4.78 is 13.3. The fraction of sp³-hybridized carbons (Fsp3) is 0.296. The zero-order valence-electron chi connectivity index (χ0n) is 20.5. The van der Waals surface area contributed by atoms with E-state index in [-0.39, 0.29) is 18.0 Å². The van der Waals surface area contributed by atoms with Gasteiger partial charge in [-0.1, -0.05) is 48.6 Å². The molecule has 9 heteroatoms. The molecule has 9 nitrogen and oxygen atoms in total. The smallest absolute Gasteiger partial charge is 0.340 e. The lowest BCUT2D eigenvalue weighted by molar-refractivity contribution is 0.0380. The van der Waals surface area contributed by atoms with Crippen molar-refractivity contribution in [2.75, 3.05) is 6.61 Å². The summed E-state index contributed by atoms with van der Waals surface area (Å²) in [6, 6.07) is 14.4. The summed E-state index contributed by atoms with van der Waals surface area (Å²) in [6.07, 6.45) is 6.88. The van der Waals surface area contributed by atoms with Crippen LogP contribution in [0.15, 0.2) is 60.7 Å². The number of para-hydroxylation sites is 1. The number of tetrazole rings is 1. The molecular weight excluding hydrogens is 456 g/mol. The van der Waals surface area contributed by atoms with E-state index in [4.69, 9.17) is 9.47 Å². The Morgan fingerprint density at radius 3 is 2.75 bits per heavy atom. The maximum Gasteiger partial charge on any atom is 0.340 e. The Hall–Kier alpha value is -4.27. The molecule has 0 saturated carbocycles. The SMILES string of the molecule is CCOc1nc2cccc(C(=O)OC(C)C)c2n1Cc1ccc(C2CC=CC=C2c2nnn[nH]2)cc1. The highest BCUT2D eigenvalue weighted by Crippen LogP contribution is 2.36. The average molecular weight is 485 g/mol. The molecule has 1 unspecified atom stereocenters. The number of rotatable bonds is 8. The number of allylic oxidation sites excluding steroid dienone is 4. The molecule has 36 heavy (non-hydrogen) atoms. The fourth-order valence-electron chi connectivity index (χ4n) is 4.50. The zero-order chi connectivity index (χ0) is 25.1. The minimum Gasteiger partial charge on any atom is -0.465 e. The van der Waals surface area contributed by atoms with Gasteiger partial charge in [0.1, 0.15) is 0 Å². The Balaban J connectivity index is 1.47. The van der Waals surface area contributed by atoms with E-state index in [2.05, 4.69) is 55.9 Å². The zero-order valence-corrected chi connectivity index (χ0v) is 20.5. The molecule has 2 aromatic carbocycles. The minimum atomic E-state index is -0.373. The average Bonchev–Trinajstić information content (AvgIpc) is 3.53. The van der Waals surface area contributed by atoms with E-state index in [0.29, 0.717) is 41.6 Å². The number of aromatic amines is 1. The number of aromatic nitrogens is 6. The normalized spacial score (nSPS) is 15.3. The van der Waals surface area contributed by atoms with Crippen molar-refractivity contribution >= 4 is 22.6 Å². The van der Waals surface area contributed by atoms with Crippen molar-refractivity contribution in [1.29, 1.82) is 0 Å². The quantitative estimate of drug-likeness (QED) is 0.362. The van der Waals surface area contributed by atoms with Crippen molar-refractivity contribution in [3.8, 4) is 6.01 Å². The first kappa shape index (κ1) is 23.5. The summed E-state index contributed by atoms with van der Waals surface area (Å²) in [5.41, 5.74) is 5.16. The van der Waals surface area contributed by atoms with Gasteiger partial charge in [0.15, 0.2) is 5.82 Å². The number of esters is 1. The minimum absolute atomic E-state index is 0.157. The maximum atomic E-state index is 12.9. The van der Waals surface area contributed by atoms with Crippen molar-refractivity contribution in [2.45, 2.75) is 45.8 Å². The van der Waals surface area contributed by atoms with Crippen LogP contribution in [0.2, 0.25) is 0 Å². The molecule has 0 aliphatic heterocycles. The van der Waals surface area contributed by atoms with E-state index in [1.54, 1.807) is 6.07 Å². The Kier molecular flexibility index (Phi) is 6.62. The van der Waals surface area contributed by atoms with Gasteiger partial charge in [0, 0.05) is 11.5 Å². The Bertz CT molecular complexity index is 1420. The fourth-order valence-corrected chi connectivity index (χ4v) is 4.50. The molecule has 4 aromatic rings. The highest BCUT2D eigenvalue weighted by Gasteiger charge is 2.23. The Labute approximate surface area is 208 Å². The van der Waals surface area contributed by atoms with Gasteiger partial charge in [-0.25, -0.2) is 9.89 Å². The van der Waals surface area contributed by atoms with E-state index in [1.807, 2.05) is 49.6 Å². The number of H-pyrrole nitrogens is 1. The van der Waals surface area contributed by atoms with Gasteiger partial charge in [0.05, 0.1) is 35.9 Å². The number of hydrogen-bond donors (Lipinski definition) is 1. The van der Waals surface area contributed by atoms with Crippen LogP contribution in [-0.2, 0) is 11.3 Å². The maximum absolute atomic E-state index is 12.9. The van der Waals surface area contributed by atoms with Crippen LogP contribution in [0.25, 0.3) is 16.6 Å². The molecule has 0 saturated heterocycles. The molecule has 0 fully saturated rings. The second-order valence-corrected chi connectivity index (χ2v) is 8.87. The lowest BCUT2D eigenvalue weighted by Crippen LogP contribution is -2.14. The van der Waals surface area contributed by atoms with Gasteiger partial charge >= 0.3 is 5.97 Å². The van der Waals surface area contributed by atoms with Crippen molar-refractivity contribution in [2.24, 2.45) is 0 Å². The summed E-state index contributed by atoms with van der Waals surface area (Å²) in [6.45, 7) is 6.56. The predicted molar refractivity (Wildman–Crippen MR) is 136 cm³/mol. The third-order valence-electron chi connectivity index (χ3n) is 6.07. The number of carbonyl (C=O) groups is 1. The van der Waals surface area contributed by atoms with Crippen LogP contribution in [0.3, 0.4) is 0 Å². The number of fused-ring (bicyclic) bond motifs is 1. The molecule has 184 valence electrons. The summed E-state index contributed by atoms with van der Waals surface area (Å²) in [5.74, 6) is 0.464. The van der Waals surface area contributed by atoms with Gasteiger partial charge in [0.25, 0.3) is 6.01 Å². The molecule has 1 aliphatic rings. The van der Waals surface area contributed by atoms with Crippen LogP contribution in [0.1, 0.15) is 60.4 Å². The van der Waals surface area contributed by atoms with Crippen LogP contribution >= 0.6 is 0 Å². The molecule has 0 spiro atoms. The molecular formula is C27H28N6O3. The van der Waals surface area contributed by atoms with Gasteiger partial charge in [0.2, 0.25) is 0 Å². The molecule has 1 atom stereocenters. The van der Waals surface area contributed by atoms with Gasteiger partial charge in [-0.3, -0.25) is 4.57 Å². The van der Waals surface area contributed by atoms with Crippen LogP contribution in [-0.4, -0.2) is 48.9 Å². The summed E-state index contributed by atoms with van der Waals surface area (Å²) in [4.78, 5) is 17.5. The van der Waals surface area contributed by atoms with Crippen LogP contribution in [0.4, 0.5) is 0 Å². The first-order chi connectivity index (χ1) is 17.5. The lowest BCUT2D eigenvalue weighted by Gasteiger charge is -2.20. The van der Waals surface area contributed by atoms with Gasteiger partial charge < -0.3 is 9.47 Å². The topological polar surface area (TPSA) is 108 Å². The third kappa shape index (κ3) is 4.64. The molecule has 0 bridgehead atoms. The first-order valence-electron chi connectivity index (χ1n) is 12.1. The highest BCUT2D eigenvalue weighted by molar-refractivity contribution is 6.02. The highest BCUT2D eigenvalue weighted by atomic mass is 16.5. The van der Waals surface area contributed by atoms with E-state index < -0.39 is 0 Å². The lowest BCUT2D eigenvalue weighted by atomic mass is 9.84. The number of benzene rings is 2. The summed E-state index contributed by atoms with van der Waals surface area (Å²) in [7, 11) is 0. The number of ether oxygens (including phenoxy) is 2. The Morgan fingerprint density at radius 1 is 1.19 bits per heavy atom. The van der Waals surface area contributed by atoms with Crippen molar-refractivity contribution in [3.63, 3.8) is 0 Å². The van der Waals surface area contributed by atoms with Crippen LogP contribution < -0.4 is 4.74 Å². The molecule has 0 amide bonds. The second kappa shape index (κ2) is 10.2. The van der Waals surface area contributed by atoms with E-state index in [9.17, 15) is 4.79 Å². The molecule has 2 heterocycles. The monoisotopic (exact) mass is 484 g/mol. The number of carbonyl (C=O) groups excluding carboxylic acids is 1. The van der Waals surface area contributed by atoms with Crippen LogP contribution in [0, 0.1) is 0 Å². The van der Waals surface area contributed by atoms with Gasteiger partial charge in [-0.05, 0) is 60.9 Å². The van der Waals surface area contributed by atoms with Gasteiger partial charge in [-0.15, -0.1) is 5.10 Å². The summed E-state index contributed by atoms with van der Waals surface area (Å²) >= 11 is 0. The summed E-state index contributed by atoms with van der Waals surface area (Å²) in [5, 5.41) is 14.4. The molecule has 1 aliphatic carbocycles. The van der Waals surface area contributed by atoms with Crippen LogP contribution in [0.5, 0.6) is 6.01 Å². The largest absolute Gasteiger partial charge is 0.465 e. The molecule has 1 N–H and O–H groups in total. The number of nitrogens with zero attached hydrogens (tertiary/aromatic N) is 5. The standard InChI is InChI=1S/C27H28N6O3/c1-4-35-27-28-23-11-7-10-22(26(34)36-17(2)3)24(23)33(27)16-18-12-14-19(15-13-18)20-8-5-6-9-21(20)25-29-31-32-30-25/h5-7,9-15,17,20H,4,8,16H2,1-3H3,(H,29,30,31,32). The number of nitrogens with one attached hydrogen (secondary N) is 1. The van der Waals surface area contributed by atoms with E-state index in [0.717, 1.165) is 17.6 Å². The Morgan fingerprint density at radius 2 is 2.03 bits per heavy atom. The first-order valence-corrected chi connectivity index (χ1v) is 12.1. The number of imidazole rings is 1. The van der Waals surface area contributed by atoms with Gasteiger partial charge in [-0.2, -0.15) is 4.98 Å². The predicted octanol–water partition coefficient (Wildman–Crippen LogP) is 4.69. The van der Waals surface area contributed by atoms with Crippen molar-refractivity contribution in [1.82, 2.24) is 30.2 Å². The second-order valence-electron chi connectivity index (χ2n) is 8.87. The molecule has 5 rings (SSSR count). The van der Waals surface area contributed by atoms with Crippen molar-refractivity contribution in [3.05, 3.63) is 83.2 Å². The van der Waals surface area contributed by atoms with Crippen molar-refractivity contribution < 1.29 is 14.3 Å². The van der Waals surface area contributed by atoms with E-state index >= 15 is 0 Å². The number of hydrogen-bond acceptors (Lipinski definition) is 7. The molecule has 0 radical (unpaired) electrons.